The van der Waals surface area contributed by atoms with Gasteiger partial charge in [-0.1, -0.05) is 60.7 Å². The van der Waals surface area contributed by atoms with Gasteiger partial charge in [-0.05, 0) is 17.5 Å². The summed E-state index contributed by atoms with van der Waals surface area (Å²) in [6, 6.07) is 19.5. The second kappa shape index (κ2) is 6.56. The topological polar surface area (TPSA) is 49.4 Å². The zero-order valence-electron chi connectivity index (χ0n) is 13.9. The van der Waals surface area contributed by atoms with Crippen LogP contribution < -0.4 is 5.32 Å². The van der Waals surface area contributed by atoms with E-state index in [9.17, 15) is 9.59 Å². The van der Waals surface area contributed by atoms with Crippen molar-refractivity contribution in [3.63, 3.8) is 0 Å². The van der Waals surface area contributed by atoms with Crippen molar-refractivity contribution >= 4 is 23.6 Å². The highest BCUT2D eigenvalue weighted by molar-refractivity contribution is 8.00. The van der Waals surface area contributed by atoms with E-state index in [4.69, 9.17) is 0 Å². The number of benzene rings is 2. The lowest BCUT2D eigenvalue weighted by Gasteiger charge is -2.34. The molecule has 2 heterocycles. The number of nitrogens with zero attached hydrogens (tertiary/aromatic N) is 1. The molecule has 4 nitrogen and oxygen atoms in total. The third-order valence-electron chi connectivity index (χ3n) is 4.96. The Morgan fingerprint density at radius 2 is 1.80 bits per heavy atom. The summed E-state index contributed by atoms with van der Waals surface area (Å²) in [5.41, 5.74) is 2.17. The fourth-order valence-corrected chi connectivity index (χ4v) is 5.39. The van der Waals surface area contributed by atoms with Gasteiger partial charge < -0.3 is 10.2 Å². The summed E-state index contributed by atoms with van der Waals surface area (Å²) >= 11 is 1.72. The minimum absolute atomic E-state index is 0.0654. The molecule has 2 amide bonds. The van der Waals surface area contributed by atoms with Gasteiger partial charge in [0, 0.05) is 18.7 Å². The number of rotatable bonds is 4. The lowest BCUT2D eigenvalue weighted by Crippen LogP contribution is -2.49. The van der Waals surface area contributed by atoms with Crippen molar-refractivity contribution in [2.24, 2.45) is 0 Å². The highest BCUT2D eigenvalue weighted by atomic mass is 32.2. The van der Waals surface area contributed by atoms with Crippen molar-refractivity contribution in [1.82, 2.24) is 10.2 Å². The van der Waals surface area contributed by atoms with E-state index in [0.717, 1.165) is 17.5 Å². The smallest absolute Gasteiger partial charge is 0.244 e. The van der Waals surface area contributed by atoms with Gasteiger partial charge in [-0.2, -0.15) is 0 Å². The molecule has 5 heteroatoms. The van der Waals surface area contributed by atoms with Gasteiger partial charge in [0.05, 0.1) is 0 Å². The number of carbonyl (C=O) groups is 2. The molecule has 2 atom stereocenters. The summed E-state index contributed by atoms with van der Waals surface area (Å²) in [5.74, 6) is 0.652. The predicted molar refractivity (Wildman–Crippen MR) is 98.7 cm³/mol. The summed E-state index contributed by atoms with van der Waals surface area (Å²) in [6.07, 6.45) is 1.27. The van der Waals surface area contributed by atoms with Crippen LogP contribution in [-0.4, -0.2) is 28.5 Å². The molecule has 0 aromatic heterocycles. The van der Waals surface area contributed by atoms with E-state index in [0.29, 0.717) is 18.7 Å². The first-order valence-corrected chi connectivity index (χ1v) is 9.52. The monoisotopic (exact) mass is 352 g/mol. The van der Waals surface area contributed by atoms with Crippen LogP contribution in [0.1, 0.15) is 24.0 Å². The van der Waals surface area contributed by atoms with Crippen LogP contribution in [0.25, 0.3) is 0 Å². The first-order valence-electron chi connectivity index (χ1n) is 8.54. The standard InChI is InChI=1S/C20H20N2O2S/c23-18-11-12-20(16-9-5-2-6-10-16)22(18)17(14-25-20)19(24)21-13-15-7-3-1-4-8-15/h1-10,17H,11-14H2,(H,21,24)/t17-,20+/m1/s1. The number of hydrogen-bond donors (Lipinski definition) is 1. The minimum atomic E-state index is -0.399. The molecular weight excluding hydrogens is 332 g/mol. The van der Waals surface area contributed by atoms with Crippen LogP contribution in [0.4, 0.5) is 0 Å². The molecule has 0 saturated carbocycles. The molecule has 1 N–H and O–H groups in total. The van der Waals surface area contributed by atoms with Crippen molar-refractivity contribution in [1.29, 1.82) is 0 Å². The highest BCUT2D eigenvalue weighted by Gasteiger charge is 2.56. The minimum Gasteiger partial charge on any atom is -0.350 e. The van der Waals surface area contributed by atoms with Crippen molar-refractivity contribution in [3.05, 3.63) is 71.8 Å². The number of amides is 2. The van der Waals surface area contributed by atoms with Gasteiger partial charge in [-0.15, -0.1) is 11.8 Å². The van der Waals surface area contributed by atoms with E-state index in [2.05, 4.69) is 17.4 Å². The number of nitrogens with one attached hydrogen (secondary N) is 1. The Labute approximate surface area is 151 Å². The fraction of sp³-hybridized carbons (Fsp3) is 0.300. The maximum absolute atomic E-state index is 12.8. The van der Waals surface area contributed by atoms with Crippen LogP contribution in [0, 0.1) is 0 Å². The first-order chi connectivity index (χ1) is 12.2. The summed E-state index contributed by atoms with van der Waals surface area (Å²) in [7, 11) is 0. The Bertz CT molecular complexity index is 781. The summed E-state index contributed by atoms with van der Waals surface area (Å²) in [5, 5.41) is 3.00. The molecule has 2 aromatic rings. The van der Waals surface area contributed by atoms with Gasteiger partial charge in [0.25, 0.3) is 0 Å². The first kappa shape index (κ1) is 16.2. The maximum atomic E-state index is 12.8. The lowest BCUT2D eigenvalue weighted by molar-refractivity contribution is -0.138. The van der Waals surface area contributed by atoms with Crippen LogP contribution in [-0.2, 0) is 21.0 Å². The van der Waals surface area contributed by atoms with Gasteiger partial charge >= 0.3 is 0 Å². The quantitative estimate of drug-likeness (QED) is 0.920. The Morgan fingerprint density at radius 3 is 2.52 bits per heavy atom. The normalized spacial score (nSPS) is 25.0. The van der Waals surface area contributed by atoms with Crippen LogP contribution in [0.2, 0.25) is 0 Å². The summed E-state index contributed by atoms with van der Waals surface area (Å²) in [4.78, 5) is 26.8. The number of carbonyl (C=O) groups excluding carboxylic acids is 2. The van der Waals surface area contributed by atoms with Gasteiger partial charge in [0.1, 0.15) is 10.9 Å². The SMILES string of the molecule is O=C(NCc1ccccc1)[C@H]1CS[C@]2(c3ccccc3)CCC(=O)N12. The van der Waals surface area contributed by atoms with Crippen molar-refractivity contribution in [2.45, 2.75) is 30.3 Å². The van der Waals surface area contributed by atoms with Crippen molar-refractivity contribution in [2.75, 3.05) is 5.75 Å². The van der Waals surface area contributed by atoms with E-state index < -0.39 is 6.04 Å². The average molecular weight is 352 g/mol. The molecule has 2 aliphatic rings. The van der Waals surface area contributed by atoms with E-state index >= 15 is 0 Å². The zero-order valence-corrected chi connectivity index (χ0v) is 14.7. The van der Waals surface area contributed by atoms with Crippen molar-refractivity contribution < 1.29 is 9.59 Å². The summed E-state index contributed by atoms with van der Waals surface area (Å²) < 4.78 is 0. The van der Waals surface area contributed by atoms with Crippen LogP contribution >= 0.6 is 11.8 Å². The Hall–Kier alpha value is -2.27. The van der Waals surface area contributed by atoms with Gasteiger partial charge in [0.15, 0.2) is 0 Å². The summed E-state index contributed by atoms with van der Waals surface area (Å²) in [6.45, 7) is 0.487. The molecule has 2 aromatic carbocycles. The second-order valence-corrected chi connectivity index (χ2v) is 7.74. The number of thioether (sulfide) groups is 1. The van der Waals surface area contributed by atoms with Crippen LogP contribution in [0.5, 0.6) is 0 Å². The Morgan fingerprint density at radius 1 is 1.12 bits per heavy atom. The van der Waals surface area contributed by atoms with Gasteiger partial charge in [0.2, 0.25) is 11.8 Å². The molecule has 2 fully saturated rings. The molecule has 25 heavy (non-hydrogen) atoms. The molecule has 0 radical (unpaired) electrons. The van der Waals surface area contributed by atoms with Crippen LogP contribution in [0.3, 0.4) is 0 Å². The molecule has 0 bridgehead atoms. The average Bonchev–Trinajstić information content (AvgIpc) is 3.21. The van der Waals surface area contributed by atoms with E-state index in [1.807, 2.05) is 53.4 Å². The molecule has 4 rings (SSSR count). The van der Waals surface area contributed by atoms with Crippen LogP contribution in [0.15, 0.2) is 60.7 Å². The van der Waals surface area contributed by atoms with E-state index in [-0.39, 0.29) is 16.7 Å². The Kier molecular flexibility index (Phi) is 4.25. The third kappa shape index (κ3) is 2.82. The fourth-order valence-electron chi connectivity index (χ4n) is 3.74. The largest absolute Gasteiger partial charge is 0.350 e. The van der Waals surface area contributed by atoms with E-state index in [1.165, 1.54) is 0 Å². The molecule has 0 unspecified atom stereocenters. The predicted octanol–water partition coefficient (Wildman–Crippen LogP) is 2.89. The lowest BCUT2D eigenvalue weighted by atomic mass is 10.0. The number of hydrogen-bond acceptors (Lipinski definition) is 3. The van der Waals surface area contributed by atoms with E-state index in [1.54, 1.807) is 11.8 Å². The third-order valence-corrected chi connectivity index (χ3v) is 6.56. The second-order valence-electron chi connectivity index (χ2n) is 6.44. The van der Waals surface area contributed by atoms with Gasteiger partial charge in [-0.25, -0.2) is 0 Å². The molecule has 128 valence electrons. The molecule has 0 aliphatic carbocycles. The molecular formula is C20H20N2O2S. The zero-order chi connectivity index (χ0) is 17.3. The van der Waals surface area contributed by atoms with Gasteiger partial charge in [-0.3, -0.25) is 9.59 Å². The molecule has 2 aliphatic heterocycles. The molecule has 0 spiro atoms. The van der Waals surface area contributed by atoms with Crippen molar-refractivity contribution in [3.8, 4) is 0 Å². The molecule has 2 saturated heterocycles. The number of fused-ring (bicyclic) bond motifs is 1. The Balaban J connectivity index is 1.54. The maximum Gasteiger partial charge on any atom is 0.244 e. The highest BCUT2D eigenvalue weighted by Crippen LogP contribution is 2.54.